The fourth-order valence-corrected chi connectivity index (χ4v) is 3.27. The minimum atomic E-state index is -2.94. The highest BCUT2D eigenvalue weighted by molar-refractivity contribution is 14.0. The van der Waals surface area contributed by atoms with Crippen LogP contribution in [0.5, 0.6) is 0 Å². The zero-order valence-electron chi connectivity index (χ0n) is 14.6. The number of aliphatic imine (C=N–C) groups is 1. The molecular formula is C16H27BrIN3O2S. The second-order valence-electron chi connectivity index (χ2n) is 5.73. The molecular weight excluding hydrogens is 505 g/mol. The lowest BCUT2D eigenvalue weighted by Gasteiger charge is -2.17. The quantitative estimate of drug-likeness (QED) is 0.322. The fraction of sp³-hybridized carbons (Fsp3) is 0.562. The number of nitrogens with zero attached hydrogens (tertiary/aromatic N) is 1. The van der Waals surface area contributed by atoms with Crippen LogP contribution in [-0.4, -0.2) is 39.0 Å². The van der Waals surface area contributed by atoms with Crippen molar-refractivity contribution in [3.8, 4) is 0 Å². The van der Waals surface area contributed by atoms with E-state index < -0.39 is 9.84 Å². The zero-order chi connectivity index (χ0) is 17.5. The van der Waals surface area contributed by atoms with E-state index in [1.54, 1.807) is 0 Å². The van der Waals surface area contributed by atoms with Crippen molar-refractivity contribution < 1.29 is 8.42 Å². The predicted molar refractivity (Wildman–Crippen MR) is 116 cm³/mol. The van der Waals surface area contributed by atoms with Gasteiger partial charge >= 0.3 is 0 Å². The first-order valence-corrected chi connectivity index (χ1v) is 10.5. The maximum absolute atomic E-state index is 11.2. The summed E-state index contributed by atoms with van der Waals surface area (Å²) in [6.07, 6.45) is 1.82. The molecule has 0 aliphatic rings. The second-order valence-corrected chi connectivity index (χ2v) is 8.91. The van der Waals surface area contributed by atoms with E-state index in [0.717, 1.165) is 16.6 Å². The van der Waals surface area contributed by atoms with E-state index in [9.17, 15) is 8.42 Å². The van der Waals surface area contributed by atoms with Crippen LogP contribution in [0.25, 0.3) is 0 Å². The Hall–Kier alpha value is -0.350. The minimum absolute atomic E-state index is 0. The number of hydrogen-bond donors (Lipinski definition) is 2. The monoisotopic (exact) mass is 531 g/mol. The van der Waals surface area contributed by atoms with Gasteiger partial charge in [0.1, 0.15) is 9.84 Å². The number of guanidine groups is 1. The van der Waals surface area contributed by atoms with Crippen LogP contribution in [0.15, 0.2) is 27.7 Å². The van der Waals surface area contributed by atoms with Gasteiger partial charge in [-0.25, -0.2) is 13.4 Å². The molecule has 1 rings (SSSR count). The summed E-state index contributed by atoms with van der Waals surface area (Å²) in [7, 11) is -2.94. The number of hydrogen-bond acceptors (Lipinski definition) is 3. The Kier molecular flexibility index (Phi) is 11.1. The van der Waals surface area contributed by atoms with Crippen LogP contribution in [-0.2, 0) is 16.4 Å². The molecule has 0 radical (unpaired) electrons. The molecule has 0 heterocycles. The average molecular weight is 532 g/mol. The first-order valence-electron chi connectivity index (χ1n) is 7.69. The Balaban J connectivity index is 0.00000529. The van der Waals surface area contributed by atoms with Crippen LogP contribution in [0.4, 0.5) is 0 Å². The van der Waals surface area contributed by atoms with E-state index in [1.165, 1.54) is 11.8 Å². The van der Waals surface area contributed by atoms with Crippen LogP contribution >= 0.6 is 39.9 Å². The first-order chi connectivity index (χ1) is 10.7. The van der Waals surface area contributed by atoms with Crippen molar-refractivity contribution in [2.24, 2.45) is 4.99 Å². The molecule has 1 aromatic rings. The van der Waals surface area contributed by atoms with Gasteiger partial charge in [-0.05, 0) is 50.5 Å². The molecule has 0 amide bonds. The van der Waals surface area contributed by atoms with Gasteiger partial charge < -0.3 is 10.6 Å². The molecule has 0 saturated carbocycles. The number of sulfone groups is 1. The van der Waals surface area contributed by atoms with E-state index >= 15 is 0 Å². The molecule has 0 saturated heterocycles. The first kappa shape index (κ1) is 23.6. The van der Waals surface area contributed by atoms with Gasteiger partial charge in [0.05, 0.1) is 12.3 Å². The van der Waals surface area contributed by atoms with Gasteiger partial charge in [0.15, 0.2) is 5.96 Å². The van der Waals surface area contributed by atoms with Crippen molar-refractivity contribution in [3.63, 3.8) is 0 Å². The minimum Gasteiger partial charge on any atom is -0.357 e. The maximum Gasteiger partial charge on any atom is 0.191 e. The average Bonchev–Trinajstić information content (AvgIpc) is 2.43. The van der Waals surface area contributed by atoms with Gasteiger partial charge in [0.25, 0.3) is 0 Å². The maximum atomic E-state index is 11.2. The SMILES string of the molecule is CCNC(=NCc1ccc(Br)cc1C)NC(C)CCS(C)(=O)=O.I. The van der Waals surface area contributed by atoms with Crippen LogP contribution in [0.2, 0.25) is 0 Å². The van der Waals surface area contributed by atoms with Gasteiger partial charge in [0, 0.05) is 23.3 Å². The van der Waals surface area contributed by atoms with E-state index in [0.29, 0.717) is 18.9 Å². The summed E-state index contributed by atoms with van der Waals surface area (Å²) in [4.78, 5) is 4.59. The molecule has 1 atom stereocenters. The van der Waals surface area contributed by atoms with Gasteiger partial charge in [-0.2, -0.15) is 0 Å². The fourth-order valence-electron chi connectivity index (χ4n) is 2.02. The molecule has 0 aliphatic carbocycles. The smallest absolute Gasteiger partial charge is 0.191 e. The van der Waals surface area contributed by atoms with Gasteiger partial charge in [-0.15, -0.1) is 24.0 Å². The van der Waals surface area contributed by atoms with Crippen molar-refractivity contribution >= 4 is 55.7 Å². The molecule has 1 unspecified atom stereocenters. The summed E-state index contributed by atoms with van der Waals surface area (Å²) in [5.41, 5.74) is 2.35. The largest absolute Gasteiger partial charge is 0.357 e. The van der Waals surface area contributed by atoms with E-state index in [1.807, 2.05) is 19.9 Å². The highest BCUT2D eigenvalue weighted by atomic mass is 127. The summed E-state index contributed by atoms with van der Waals surface area (Å²) < 4.78 is 23.5. The Bertz CT molecular complexity index is 651. The summed E-state index contributed by atoms with van der Waals surface area (Å²) in [6.45, 7) is 7.36. The van der Waals surface area contributed by atoms with Crippen LogP contribution in [0.1, 0.15) is 31.4 Å². The Morgan fingerprint density at radius 3 is 2.58 bits per heavy atom. The molecule has 1 aromatic carbocycles. The van der Waals surface area contributed by atoms with Crippen molar-refractivity contribution in [2.45, 2.75) is 39.8 Å². The predicted octanol–water partition coefficient (Wildman–Crippen LogP) is 3.25. The third-order valence-electron chi connectivity index (χ3n) is 3.36. The van der Waals surface area contributed by atoms with Crippen molar-refractivity contribution in [1.29, 1.82) is 0 Å². The van der Waals surface area contributed by atoms with Crippen molar-refractivity contribution in [1.82, 2.24) is 10.6 Å². The third kappa shape index (κ3) is 9.83. The summed E-state index contributed by atoms with van der Waals surface area (Å²) in [5, 5.41) is 6.45. The highest BCUT2D eigenvalue weighted by Crippen LogP contribution is 2.16. The Morgan fingerprint density at radius 1 is 1.38 bits per heavy atom. The molecule has 0 bridgehead atoms. The molecule has 0 spiro atoms. The van der Waals surface area contributed by atoms with Crippen molar-refractivity contribution in [2.75, 3.05) is 18.6 Å². The lowest BCUT2D eigenvalue weighted by molar-refractivity contribution is 0.581. The molecule has 5 nitrogen and oxygen atoms in total. The normalized spacial score (nSPS) is 13.1. The molecule has 24 heavy (non-hydrogen) atoms. The lowest BCUT2D eigenvalue weighted by Crippen LogP contribution is -2.42. The standard InChI is InChI=1S/C16H26BrN3O2S.HI/c1-5-18-16(20-13(3)8-9-23(4,21)22)19-11-14-6-7-15(17)10-12(14)2;/h6-7,10,13H,5,8-9,11H2,1-4H3,(H2,18,19,20);1H. The van der Waals surface area contributed by atoms with Gasteiger partial charge in [-0.1, -0.05) is 22.0 Å². The second kappa shape index (κ2) is 11.3. The van der Waals surface area contributed by atoms with E-state index in [-0.39, 0.29) is 35.8 Å². The van der Waals surface area contributed by atoms with E-state index in [2.05, 4.69) is 50.6 Å². The zero-order valence-corrected chi connectivity index (χ0v) is 19.3. The number of halogens is 2. The van der Waals surface area contributed by atoms with Crippen LogP contribution < -0.4 is 10.6 Å². The molecule has 0 aromatic heterocycles. The van der Waals surface area contributed by atoms with Crippen LogP contribution in [0.3, 0.4) is 0 Å². The lowest BCUT2D eigenvalue weighted by atomic mass is 10.1. The Morgan fingerprint density at radius 2 is 2.04 bits per heavy atom. The summed E-state index contributed by atoms with van der Waals surface area (Å²) in [6, 6.07) is 6.17. The van der Waals surface area contributed by atoms with Crippen LogP contribution in [0, 0.1) is 6.92 Å². The van der Waals surface area contributed by atoms with Gasteiger partial charge in [-0.3, -0.25) is 0 Å². The number of nitrogens with one attached hydrogen (secondary N) is 2. The highest BCUT2D eigenvalue weighted by Gasteiger charge is 2.09. The molecule has 8 heteroatoms. The molecule has 138 valence electrons. The molecule has 0 fully saturated rings. The number of aryl methyl sites for hydroxylation is 1. The van der Waals surface area contributed by atoms with Gasteiger partial charge in [0.2, 0.25) is 0 Å². The number of benzene rings is 1. The molecule has 0 aliphatic heterocycles. The van der Waals surface area contributed by atoms with E-state index in [4.69, 9.17) is 0 Å². The number of rotatable bonds is 7. The molecule has 2 N–H and O–H groups in total. The third-order valence-corrected chi connectivity index (χ3v) is 4.83. The summed E-state index contributed by atoms with van der Waals surface area (Å²) >= 11 is 3.46. The topological polar surface area (TPSA) is 70.6 Å². The van der Waals surface area contributed by atoms with Crippen molar-refractivity contribution in [3.05, 3.63) is 33.8 Å². The Labute approximate surface area is 171 Å². The summed E-state index contributed by atoms with van der Waals surface area (Å²) in [5.74, 6) is 0.877.